The molecule has 0 aliphatic carbocycles. The molecule has 5 nitrogen and oxygen atoms in total. The Bertz CT molecular complexity index is 870. The Morgan fingerprint density at radius 1 is 1.03 bits per heavy atom. The lowest BCUT2D eigenvalue weighted by atomic mass is 10.0. The van der Waals surface area contributed by atoms with Crippen LogP contribution >= 0.6 is 12.2 Å². The summed E-state index contributed by atoms with van der Waals surface area (Å²) in [6, 6.07) is 10.6. The number of nitrogens with one attached hydrogen (secondary N) is 1. The summed E-state index contributed by atoms with van der Waals surface area (Å²) in [4.78, 5) is 4.60. The maximum atomic E-state index is 10.0. The Morgan fingerprint density at radius 3 is 2.21 bits per heavy atom. The first-order chi connectivity index (χ1) is 13.8. The highest BCUT2D eigenvalue weighted by molar-refractivity contribution is 7.80. The van der Waals surface area contributed by atoms with E-state index in [0.29, 0.717) is 5.11 Å². The van der Waals surface area contributed by atoms with E-state index >= 15 is 0 Å². The molecule has 1 saturated heterocycles. The van der Waals surface area contributed by atoms with Crippen LogP contribution in [0, 0.1) is 20.8 Å². The fourth-order valence-electron chi connectivity index (χ4n) is 3.91. The predicted octanol–water partition coefficient (Wildman–Crippen LogP) is 4.19. The van der Waals surface area contributed by atoms with Gasteiger partial charge in [0.25, 0.3) is 0 Å². The van der Waals surface area contributed by atoms with Gasteiger partial charge in [0.15, 0.2) is 5.11 Å². The SMILES string of the molecule is COc1cc(C)c(C(C)O)cc1NC(=S)N1CCN(c2cc(C)cc(C)c2)CC1. The van der Waals surface area contributed by atoms with Crippen LogP contribution in [0.3, 0.4) is 0 Å². The van der Waals surface area contributed by atoms with Crippen molar-refractivity contribution in [2.75, 3.05) is 43.5 Å². The molecular formula is C23H31N3O2S. The number of piperazine rings is 1. The van der Waals surface area contributed by atoms with Gasteiger partial charge in [-0.1, -0.05) is 6.07 Å². The van der Waals surface area contributed by atoms with E-state index in [2.05, 4.69) is 47.2 Å². The van der Waals surface area contributed by atoms with Gasteiger partial charge in [-0.25, -0.2) is 0 Å². The third-order valence-electron chi connectivity index (χ3n) is 5.42. The second kappa shape index (κ2) is 9.01. The van der Waals surface area contributed by atoms with E-state index < -0.39 is 6.10 Å². The molecule has 0 radical (unpaired) electrons. The van der Waals surface area contributed by atoms with Crippen LogP contribution in [-0.4, -0.2) is 48.4 Å². The summed E-state index contributed by atoms with van der Waals surface area (Å²) >= 11 is 5.68. The normalized spacial score (nSPS) is 15.2. The molecule has 2 N–H and O–H groups in total. The summed E-state index contributed by atoms with van der Waals surface area (Å²) in [5, 5.41) is 14.0. The molecule has 29 heavy (non-hydrogen) atoms. The summed E-state index contributed by atoms with van der Waals surface area (Å²) in [5.41, 5.74) is 6.52. The molecule has 0 spiro atoms. The Balaban J connectivity index is 1.68. The monoisotopic (exact) mass is 413 g/mol. The quantitative estimate of drug-likeness (QED) is 0.733. The lowest BCUT2D eigenvalue weighted by molar-refractivity contribution is 0.198. The van der Waals surface area contributed by atoms with Gasteiger partial charge in [-0.05, 0) is 86.4 Å². The molecule has 0 amide bonds. The number of aliphatic hydroxyl groups excluding tert-OH is 1. The van der Waals surface area contributed by atoms with E-state index in [4.69, 9.17) is 17.0 Å². The third-order valence-corrected chi connectivity index (χ3v) is 5.78. The Morgan fingerprint density at radius 2 is 1.66 bits per heavy atom. The van der Waals surface area contributed by atoms with Crippen molar-refractivity contribution >= 4 is 28.7 Å². The summed E-state index contributed by atoms with van der Waals surface area (Å²) < 4.78 is 5.52. The zero-order chi connectivity index (χ0) is 21.1. The van der Waals surface area contributed by atoms with Crippen LogP contribution in [0.15, 0.2) is 30.3 Å². The fourth-order valence-corrected chi connectivity index (χ4v) is 4.20. The van der Waals surface area contributed by atoms with Crippen LogP contribution in [0.1, 0.15) is 35.3 Å². The highest BCUT2D eigenvalue weighted by Crippen LogP contribution is 2.31. The highest BCUT2D eigenvalue weighted by atomic mass is 32.1. The van der Waals surface area contributed by atoms with Gasteiger partial charge in [0.2, 0.25) is 0 Å². The van der Waals surface area contributed by atoms with Crippen LogP contribution < -0.4 is 15.0 Å². The van der Waals surface area contributed by atoms with Gasteiger partial charge >= 0.3 is 0 Å². The van der Waals surface area contributed by atoms with Gasteiger partial charge in [-0.15, -0.1) is 0 Å². The number of aliphatic hydroxyl groups is 1. The van der Waals surface area contributed by atoms with Gasteiger partial charge in [0.05, 0.1) is 18.9 Å². The van der Waals surface area contributed by atoms with E-state index in [1.54, 1.807) is 14.0 Å². The molecule has 1 heterocycles. The van der Waals surface area contributed by atoms with Gasteiger partial charge < -0.3 is 25.0 Å². The molecule has 1 aliphatic rings. The minimum atomic E-state index is -0.545. The molecule has 0 aromatic heterocycles. The molecule has 1 atom stereocenters. The molecule has 1 aliphatic heterocycles. The molecule has 1 fully saturated rings. The van der Waals surface area contributed by atoms with Crippen LogP contribution in [0.4, 0.5) is 11.4 Å². The Hall–Kier alpha value is -2.31. The zero-order valence-electron chi connectivity index (χ0n) is 18.0. The van der Waals surface area contributed by atoms with Crippen molar-refractivity contribution in [2.24, 2.45) is 0 Å². The first kappa shape index (κ1) is 21.4. The number of thiocarbonyl (C=S) groups is 1. The van der Waals surface area contributed by atoms with Crippen molar-refractivity contribution in [3.8, 4) is 5.75 Å². The van der Waals surface area contributed by atoms with Gasteiger partial charge in [-0.3, -0.25) is 0 Å². The number of benzene rings is 2. The minimum absolute atomic E-state index is 0.545. The van der Waals surface area contributed by atoms with Crippen LogP contribution in [0.5, 0.6) is 5.75 Å². The number of nitrogens with zero attached hydrogens (tertiary/aromatic N) is 2. The lowest BCUT2D eigenvalue weighted by Gasteiger charge is -2.37. The van der Waals surface area contributed by atoms with E-state index in [0.717, 1.165) is 48.7 Å². The maximum Gasteiger partial charge on any atom is 0.173 e. The average Bonchev–Trinajstić information content (AvgIpc) is 2.68. The van der Waals surface area contributed by atoms with Crippen LogP contribution in [0.25, 0.3) is 0 Å². The van der Waals surface area contributed by atoms with Crippen molar-refractivity contribution in [1.29, 1.82) is 0 Å². The number of methoxy groups -OCH3 is 1. The summed E-state index contributed by atoms with van der Waals surface area (Å²) in [7, 11) is 1.65. The molecular weight excluding hydrogens is 382 g/mol. The first-order valence-corrected chi connectivity index (χ1v) is 10.4. The van der Waals surface area contributed by atoms with Crippen LogP contribution in [0.2, 0.25) is 0 Å². The first-order valence-electron chi connectivity index (χ1n) is 10.0. The lowest BCUT2D eigenvalue weighted by Crippen LogP contribution is -2.50. The molecule has 2 aromatic carbocycles. The molecule has 2 aromatic rings. The highest BCUT2D eigenvalue weighted by Gasteiger charge is 2.21. The molecule has 0 bridgehead atoms. The van der Waals surface area contributed by atoms with Crippen molar-refractivity contribution < 1.29 is 9.84 Å². The van der Waals surface area contributed by atoms with E-state index in [1.165, 1.54) is 16.8 Å². The van der Waals surface area contributed by atoms with Gasteiger partial charge in [0.1, 0.15) is 5.75 Å². The molecule has 156 valence electrons. The van der Waals surface area contributed by atoms with E-state index in [-0.39, 0.29) is 0 Å². The van der Waals surface area contributed by atoms with Crippen molar-refractivity contribution in [2.45, 2.75) is 33.8 Å². The van der Waals surface area contributed by atoms with Gasteiger partial charge in [0, 0.05) is 31.9 Å². The standard InChI is InChI=1S/C23H31N3O2S/c1-15-10-16(2)12-19(11-15)25-6-8-26(9-7-25)23(29)24-21-14-20(18(4)27)17(3)13-22(21)28-5/h10-14,18,27H,6-9H2,1-5H3,(H,24,29). The Kier molecular flexibility index (Phi) is 6.65. The second-order valence-electron chi connectivity index (χ2n) is 7.84. The maximum absolute atomic E-state index is 10.0. The van der Waals surface area contributed by atoms with E-state index in [9.17, 15) is 5.11 Å². The average molecular weight is 414 g/mol. The summed E-state index contributed by atoms with van der Waals surface area (Å²) in [6.45, 7) is 11.6. The van der Waals surface area contributed by atoms with Crippen LogP contribution in [-0.2, 0) is 0 Å². The van der Waals surface area contributed by atoms with Crippen molar-refractivity contribution in [3.05, 3.63) is 52.6 Å². The van der Waals surface area contributed by atoms with Gasteiger partial charge in [-0.2, -0.15) is 0 Å². The smallest absolute Gasteiger partial charge is 0.173 e. The number of hydrogen-bond donors (Lipinski definition) is 2. The van der Waals surface area contributed by atoms with E-state index in [1.807, 2.05) is 19.1 Å². The third kappa shape index (κ3) is 5.00. The molecule has 6 heteroatoms. The largest absolute Gasteiger partial charge is 0.495 e. The number of anilines is 2. The molecule has 0 saturated carbocycles. The predicted molar refractivity (Wildman–Crippen MR) is 124 cm³/mol. The van der Waals surface area contributed by atoms with Crippen molar-refractivity contribution in [3.63, 3.8) is 0 Å². The minimum Gasteiger partial charge on any atom is -0.495 e. The number of aryl methyl sites for hydroxylation is 3. The topological polar surface area (TPSA) is 48.0 Å². The summed E-state index contributed by atoms with van der Waals surface area (Å²) in [6.07, 6.45) is -0.545. The van der Waals surface area contributed by atoms with Crippen molar-refractivity contribution in [1.82, 2.24) is 4.90 Å². The second-order valence-corrected chi connectivity index (χ2v) is 8.22. The number of rotatable bonds is 4. The molecule has 3 rings (SSSR count). The fraction of sp³-hybridized carbons (Fsp3) is 0.435. The zero-order valence-corrected chi connectivity index (χ0v) is 18.8. The molecule has 1 unspecified atom stereocenters. The number of hydrogen-bond acceptors (Lipinski definition) is 4. The summed E-state index contributed by atoms with van der Waals surface area (Å²) in [5.74, 6) is 0.725. The Labute approximate surface area is 179 Å². The number of ether oxygens (including phenoxy) is 1.